The van der Waals surface area contributed by atoms with Crippen LogP contribution in [0.4, 0.5) is 4.79 Å². The van der Waals surface area contributed by atoms with E-state index in [0.717, 1.165) is 47.9 Å². The number of benzene rings is 2. The van der Waals surface area contributed by atoms with Crippen molar-refractivity contribution in [1.29, 1.82) is 0 Å². The van der Waals surface area contributed by atoms with Gasteiger partial charge in [0.1, 0.15) is 18.7 Å². The van der Waals surface area contributed by atoms with Crippen LogP contribution in [0.1, 0.15) is 62.5 Å². The van der Waals surface area contributed by atoms with Crippen molar-refractivity contribution in [2.75, 3.05) is 6.61 Å². The molecule has 2 amide bonds. The zero-order valence-corrected chi connectivity index (χ0v) is 19.5. The van der Waals surface area contributed by atoms with Gasteiger partial charge in [-0.3, -0.25) is 4.79 Å². The number of hydrogen-bond acceptors (Lipinski definition) is 4. The molecule has 7 heteroatoms. The molecule has 1 unspecified atom stereocenters. The summed E-state index contributed by atoms with van der Waals surface area (Å²) in [4.78, 5) is 36.7. The van der Waals surface area contributed by atoms with Crippen LogP contribution in [0.15, 0.2) is 48.5 Å². The number of carbonyl (C=O) groups excluding carboxylic acids is 2. The number of nitrogens with one attached hydrogen (secondary N) is 2. The first-order valence-electron chi connectivity index (χ1n) is 12.1. The number of carbonyl (C=O) groups is 3. The van der Waals surface area contributed by atoms with Crippen LogP contribution in [-0.4, -0.2) is 41.8 Å². The maximum Gasteiger partial charge on any atom is 0.407 e. The number of hydrogen-bond donors (Lipinski definition) is 3. The molecule has 0 bridgehead atoms. The van der Waals surface area contributed by atoms with Crippen molar-refractivity contribution in [2.45, 2.75) is 63.5 Å². The number of carboxylic acids is 1. The molecule has 2 aromatic rings. The van der Waals surface area contributed by atoms with E-state index >= 15 is 0 Å². The zero-order valence-electron chi connectivity index (χ0n) is 19.5. The number of rotatable bonds is 8. The SMILES string of the molecule is C[C@@H](NC(=O)OCC1c2ccccc2-c2ccccc21)C(=O)NC(CC1CCCCC1)C(=O)O. The maximum atomic E-state index is 12.6. The monoisotopic (exact) mass is 464 g/mol. The summed E-state index contributed by atoms with van der Waals surface area (Å²) in [5.41, 5.74) is 4.48. The Morgan fingerprint density at radius 3 is 2.12 bits per heavy atom. The van der Waals surface area contributed by atoms with Gasteiger partial charge in [0.15, 0.2) is 0 Å². The molecular formula is C27H32N2O5. The van der Waals surface area contributed by atoms with Crippen LogP contribution in [0.3, 0.4) is 0 Å². The minimum atomic E-state index is -1.05. The van der Waals surface area contributed by atoms with E-state index in [-0.39, 0.29) is 12.5 Å². The summed E-state index contributed by atoms with van der Waals surface area (Å²) in [6.07, 6.45) is 5.08. The molecular weight excluding hydrogens is 432 g/mol. The van der Waals surface area contributed by atoms with Crippen LogP contribution in [-0.2, 0) is 14.3 Å². The van der Waals surface area contributed by atoms with Crippen molar-refractivity contribution in [3.63, 3.8) is 0 Å². The molecule has 0 saturated heterocycles. The van der Waals surface area contributed by atoms with Gasteiger partial charge in [-0.1, -0.05) is 80.6 Å². The molecule has 2 aromatic carbocycles. The quantitative estimate of drug-likeness (QED) is 0.535. The number of alkyl carbamates (subject to hydrolysis) is 1. The summed E-state index contributed by atoms with van der Waals surface area (Å²) < 4.78 is 5.49. The van der Waals surface area contributed by atoms with Crippen molar-refractivity contribution in [3.05, 3.63) is 59.7 Å². The van der Waals surface area contributed by atoms with Crippen molar-refractivity contribution in [2.24, 2.45) is 5.92 Å². The van der Waals surface area contributed by atoms with E-state index in [4.69, 9.17) is 4.74 Å². The van der Waals surface area contributed by atoms with Gasteiger partial charge in [0.05, 0.1) is 0 Å². The Kier molecular flexibility index (Phi) is 7.50. The average Bonchev–Trinajstić information content (AvgIpc) is 3.16. The topological polar surface area (TPSA) is 105 Å². The fraction of sp³-hybridized carbons (Fsp3) is 0.444. The summed E-state index contributed by atoms with van der Waals surface area (Å²) in [5, 5.41) is 14.7. The van der Waals surface area contributed by atoms with Gasteiger partial charge in [0, 0.05) is 5.92 Å². The van der Waals surface area contributed by atoms with Gasteiger partial charge in [0.25, 0.3) is 0 Å². The second-order valence-electron chi connectivity index (χ2n) is 9.33. The number of ether oxygens (including phenoxy) is 1. The van der Waals surface area contributed by atoms with Gasteiger partial charge in [0.2, 0.25) is 5.91 Å². The molecule has 180 valence electrons. The molecule has 7 nitrogen and oxygen atoms in total. The number of carboxylic acid groups (broad SMARTS) is 1. The van der Waals surface area contributed by atoms with Gasteiger partial charge in [-0.2, -0.15) is 0 Å². The van der Waals surface area contributed by atoms with Crippen LogP contribution in [0.25, 0.3) is 11.1 Å². The highest BCUT2D eigenvalue weighted by Crippen LogP contribution is 2.44. The molecule has 1 saturated carbocycles. The lowest BCUT2D eigenvalue weighted by Gasteiger charge is -2.26. The number of amides is 2. The summed E-state index contributed by atoms with van der Waals surface area (Å²) in [6, 6.07) is 14.2. The Balaban J connectivity index is 1.30. The third-order valence-corrected chi connectivity index (χ3v) is 6.98. The van der Waals surface area contributed by atoms with E-state index in [0.29, 0.717) is 12.3 Å². The predicted molar refractivity (Wildman–Crippen MR) is 128 cm³/mol. The Bertz CT molecular complexity index is 1000. The minimum absolute atomic E-state index is 0.0748. The average molecular weight is 465 g/mol. The highest BCUT2D eigenvalue weighted by Gasteiger charge is 2.30. The largest absolute Gasteiger partial charge is 0.480 e. The molecule has 2 aliphatic rings. The van der Waals surface area contributed by atoms with Gasteiger partial charge < -0.3 is 20.5 Å². The first-order valence-corrected chi connectivity index (χ1v) is 12.1. The van der Waals surface area contributed by atoms with Crippen molar-refractivity contribution in [1.82, 2.24) is 10.6 Å². The second kappa shape index (κ2) is 10.7. The maximum absolute atomic E-state index is 12.6. The third-order valence-electron chi connectivity index (χ3n) is 6.98. The van der Waals surface area contributed by atoms with Crippen LogP contribution in [0, 0.1) is 5.92 Å². The van der Waals surface area contributed by atoms with E-state index in [2.05, 4.69) is 22.8 Å². The lowest BCUT2D eigenvalue weighted by molar-refractivity contribution is -0.142. The molecule has 0 radical (unpaired) electrons. The first kappa shape index (κ1) is 23.8. The van der Waals surface area contributed by atoms with Crippen LogP contribution in [0.2, 0.25) is 0 Å². The lowest BCUT2D eigenvalue weighted by Crippen LogP contribution is -2.51. The smallest absolute Gasteiger partial charge is 0.407 e. The van der Waals surface area contributed by atoms with Crippen LogP contribution in [0.5, 0.6) is 0 Å². The molecule has 4 rings (SSSR count). The summed E-state index contributed by atoms with van der Waals surface area (Å²) in [7, 11) is 0. The second-order valence-corrected chi connectivity index (χ2v) is 9.33. The van der Waals surface area contributed by atoms with Crippen LogP contribution >= 0.6 is 0 Å². The van der Waals surface area contributed by atoms with Gasteiger partial charge in [-0.25, -0.2) is 9.59 Å². The summed E-state index contributed by atoms with van der Waals surface area (Å²) in [5.74, 6) is -1.35. The highest BCUT2D eigenvalue weighted by molar-refractivity contribution is 5.89. The standard InChI is InChI=1S/C27H32N2O5/c1-17(25(30)29-24(26(31)32)15-18-9-3-2-4-10-18)28-27(33)34-16-23-21-13-7-5-11-19(21)20-12-6-8-14-22(20)23/h5-8,11-14,17-18,23-24H,2-4,9-10,15-16H2,1H3,(H,28,33)(H,29,30)(H,31,32)/t17-,24?/m1/s1. The highest BCUT2D eigenvalue weighted by atomic mass is 16.5. The fourth-order valence-electron chi connectivity index (χ4n) is 5.16. The van der Waals surface area contributed by atoms with Crippen molar-refractivity contribution < 1.29 is 24.2 Å². The third kappa shape index (κ3) is 5.41. The van der Waals surface area contributed by atoms with Gasteiger partial charge in [-0.15, -0.1) is 0 Å². The summed E-state index contributed by atoms with van der Waals surface area (Å²) in [6.45, 7) is 1.67. The molecule has 0 heterocycles. The van der Waals surface area contributed by atoms with Gasteiger partial charge >= 0.3 is 12.1 Å². The van der Waals surface area contributed by atoms with Crippen molar-refractivity contribution >= 4 is 18.0 Å². The zero-order chi connectivity index (χ0) is 24.1. The number of fused-ring (bicyclic) bond motifs is 3. The number of aliphatic carboxylic acids is 1. The van der Waals surface area contributed by atoms with E-state index in [1.54, 1.807) is 0 Å². The minimum Gasteiger partial charge on any atom is -0.480 e. The van der Waals surface area contributed by atoms with Gasteiger partial charge in [-0.05, 0) is 41.5 Å². The van der Waals surface area contributed by atoms with E-state index in [9.17, 15) is 19.5 Å². The molecule has 1 fully saturated rings. The Morgan fingerprint density at radius 1 is 0.941 bits per heavy atom. The molecule has 0 aromatic heterocycles. The van der Waals surface area contributed by atoms with E-state index in [1.807, 2.05) is 36.4 Å². The van der Waals surface area contributed by atoms with Crippen molar-refractivity contribution in [3.8, 4) is 11.1 Å². The van der Waals surface area contributed by atoms with Crippen LogP contribution < -0.4 is 10.6 Å². The Morgan fingerprint density at radius 2 is 1.53 bits per heavy atom. The van der Waals surface area contributed by atoms with E-state index in [1.165, 1.54) is 13.3 Å². The lowest BCUT2D eigenvalue weighted by atomic mass is 9.85. The molecule has 0 spiro atoms. The first-order chi connectivity index (χ1) is 16.4. The van der Waals surface area contributed by atoms with E-state index < -0.39 is 30.1 Å². The Labute approximate surface area is 199 Å². The molecule has 3 N–H and O–H groups in total. The summed E-state index contributed by atoms with van der Waals surface area (Å²) >= 11 is 0. The normalized spacial score (nSPS) is 17.2. The molecule has 2 atom stereocenters. The fourth-order valence-corrected chi connectivity index (χ4v) is 5.16. The Hall–Kier alpha value is -3.35. The molecule has 2 aliphatic carbocycles. The molecule has 34 heavy (non-hydrogen) atoms. The molecule has 0 aliphatic heterocycles. The predicted octanol–water partition coefficient (Wildman–Crippen LogP) is 4.45.